The van der Waals surface area contributed by atoms with Crippen LogP contribution in [0, 0.1) is 5.92 Å². The largest absolute Gasteiger partial charge is 0.469 e. The molecule has 28 heavy (non-hydrogen) atoms. The van der Waals surface area contributed by atoms with E-state index in [-0.39, 0.29) is 25.1 Å². The Hall–Kier alpha value is -2.54. The van der Waals surface area contributed by atoms with Gasteiger partial charge in [-0.1, -0.05) is 18.2 Å². The number of para-hydroxylation sites is 1. The Labute approximate surface area is 164 Å². The van der Waals surface area contributed by atoms with E-state index in [9.17, 15) is 9.59 Å². The van der Waals surface area contributed by atoms with Gasteiger partial charge in [0.15, 0.2) is 11.5 Å². The molecular formula is C21H26N2O5. The SMILES string of the molecule is C=CCN1C(=O)CC(C(=O)OC)C12CCN(Cc1cccc3c1OCO3)CC2. The highest BCUT2D eigenvalue weighted by Gasteiger charge is 2.56. The lowest BCUT2D eigenvalue weighted by Gasteiger charge is -2.46. The van der Waals surface area contributed by atoms with Gasteiger partial charge in [0, 0.05) is 38.2 Å². The molecule has 0 radical (unpaired) electrons. The van der Waals surface area contributed by atoms with Crippen molar-refractivity contribution in [1.82, 2.24) is 9.80 Å². The topological polar surface area (TPSA) is 68.3 Å². The smallest absolute Gasteiger partial charge is 0.311 e. The number of carbonyl (C=O) groups excluding carboxylic acids is 2. The lowest BCUT2D eigenvalue weighted by molar-refractivity contribution is -0.150. The maximum Gasteiger partial charge on any atom is 0.311 e. The third-order valence-electron chi connectivity index (χ3n) is 6.26. The first-order valence-electron chi connectivity index (χ1n) is 9.68. The highest BCUT2D eigenvalue weighted by atomic mass is 16.7. The summed E-state index contributed by atoms with van der Waals surface area (Å²) in [5, 5.41) is 0. The van der Waals surface area contributed by atoms with Crippen LogP contribution in [0.4, 0.5) is 0 Å². The zero-order valence-electron chi connectivity index (χ0n) is 16.2. The normalized spacial score (nSPS) is 23.2. The molecule has 0 saturated carbocycles. The number of rotatable bonds is 5. The second-order valence-corrected chi connectivity index (χ2v) is 7.60. The molecule has 3 aliphatic rings. The van der Waals surface area contributed by atoms with Crippen LogP contribution in [0.2, 0.25) is 0 Å². The van der Waals surface area contributed by atoms with Crippen molar-refractivity contribution in [3.63, 3.8) is 0 Å². The fraction of sp³-hybridized carbons (Fsp3) is 0.524. The fourth-order valence-corrected chi connectivity index (χ4v) is 4.84. The van der Waals surface area contributed by atoms with Gasteiger partial charge in [-0.3, -0.25) is 14.5 Å². The van der Waals surface area contributed by atoms with Gasteiger partial charge in [-0.15, -0.1) is 6.58 Å². The third-order valence-corrected chi connectivity index (χ3v) is 6.26. The number of amides is 1. The van der Waals surface area contributed by atoms with Gasteiger partial charge in [-0.25, -0.2) is 0 Å². The van der Waals surface area contributed by atoms with Gasteiger partial charge in [0.2, 0.25) is 12.7 Å². The van der Waals surface area contributed by atoms with Crippen molar-refractivity contribution in [3.8, 4) is 11.5 Å². The molecule has 2 fully saturated rings. The number of piperidine rings is 1. The fourth-order valence-electron chi connectivity index (χ4n) is 4.84. The van der Waals surface area contributed by atoms with Crippen molar-refractivity contribution >= 4 is 11.9 Å². The molecule has 1 amide bonds. The Morgan fingerprint density at radius 3 is 2.86 bits per heavy atom. The van der Waals surface area contributed by atoms with Gasteiger partial charge < -0.3 is 19.1 Å². The van der Waals surface area contributed by atoms with Crippen LogP contribution in [0.25, 0.3) is 0 Å². The van der Waals surface area contributed by atoms with Crippen molar-refractivity contribution in [2.75, 3.05) is 33.5 Å². The van der Waals surface area contributed by atoms with Crippen LogP contribution in [0.3, 0.4) is 0 Å². The molecule has 4 rings (SSSR count). The maximum atomic E-state index is 12.6. The predicted octanol–water partition coefficient (Wildman–Crippen LogP) is 1.96. The molecule has 0 aliphatic carbocycles. The second-order valence-electron chi connectivity index (χ2n) is 7.60. The first kappa shape index (κ1) is 18.8. The molecule has 0 N–H and O–H groups in total. The van der Waals surface area contributed by atoms with E-state index in [4.69, 9.17) is 14.2 Å². The van der Waals surface area contributed by atoms with Crippen molar-refractivity contribution in [2.45, 2.75) is 31.3 Å². The van der Waals surface area contributed by atoms with Crippen LogP contribution < -0.4 is 9.47 Å². The van der Waals surface area contributed by atoms with Crippen LogP contribution in [-0.4, -0.2) is 60.8 Å². The Balaban J connectivity index is 1.51. The van der Waals surface area contributed by atoms with E-state index >= 15 is 0 Å². The molecule has 150 valence electrons. The summed E-state index contributed by atoms with van der Waals surface area (Å²) in [7, 11) is 1.39. The van der Waals surface area contributed by atoms with E-state index in [2.05, 4.69) is 17.5 Å². The van der Waals surface area contributed by atoms with Crippen LogP contribution in [0.5, 0.6) is 11.5 Å². The summed E-state index contributed by atoms with van der Waals surface area (Å²) < 4.78 is 16.1. The van der Waals surface area contributed by atoms with Gasteiger partial charge in [0.05, 0.1) is 18.6 Å². The minimum Gasteiger partial charge on any atom is -0.469 e. The maximum absolute atomic E-state index is 12.6. The first-order valence-corrected chi connectivity index (χ1v) is 9.68. The zero-order chi connectivity index (χ0) is 19.7. The minimum absolute atomic E-state index is 0.00942. The van der Waals surface area contributed by atoms with E-state index in [1.165, 1.54) is 7.11 Å². The lowest BCUT2D eigenvalue weighted by atomic mass is 9.76. The number of ether oxygens (including phenoxy) is 3. The van der Waals surface area contributed by atoms with Gasteiger partial charge in [0.25, 0.3) is 0 Å². The number of fused-ring (bicyclic) bond motifs is 1. The number of hydrogen-bond donors (Lipinski definition) is 0. The van der Waals surface area contributed by atoms with E-state index in [1.807, 2.05) is 17.0 Å². The van der Waals surface area contributed by atoms with Gasteiger partial charge in [0.1, 0.15) is 0 Å². The average molecular weight is 386 g/mol. The number of hydrogen-bond acceptors (Lipinski definition) is 6. The molecule has 1 spiro atoms. The van der Waals surface area contributed by atoms with E-state index in [0.717, 1.165) is 49.5 Å². The molecule has 1 unspecified atom stereocenters. The zero-order valence-corrected chi connectivity index (χ0v) is 16.2. The third kappa shape index (κ3) is 3.03. The number of methoxy groups -OCH3 is 1. The van der Waals surface area contributed by atoms with Crippen molar-refractivity contribution < 1.29 is 23.8 Å². The van der Waals surface area contributed by atoms with Crippen molar-refractivity contribution in [2.24, 2.45) is 5.92 Å². The Kier molecular flexibility index (Phi) is 5.02. The molecule has 1 atom stereocenters. The summed E-state index contributed by atoms with van der Waals surface area (Å²) in [4.78, 5) is 29.2. The molecule has 2 saturated heterocycles. The van der Waals surface area contributed by atoms with Crippen molar-refractivity contribution in [1.29, 1.82) is 0 Å². The summed E-state index contributed by atoms with van der Waals surface area (Å²) in [6, 6.07) is 5.94. The number of benzene rings is 1. The van der Waals surface area contributed by atoms with Gasteiger partial charge in [-0.2, -0.15) is 0 Å². The molecule has 0 aromatic heterocycles. The van der Waals surface area contributed by atoms with Crippen LogP contribution >= 0.6 is 0 Å². The van der Waals surface area contributed by atoms with Crippen LogP contribution in [0.1, 0.15) is 24.8 Å². The van der Waals surface area contributed by atoms with Crippen LogP contribution in [-0.2, 0) is 20.9 Å². The quantitative estimate of drug-likeness (QED) is 0.569. The summed E-state index contributed by atoms with van der Waals surface area (Å²) in [6.07, 6.45) is 3.42. The summed E-state index contributed by atoms with van der Waals surface area (Å²) in [5.74, 6) is 0.912. The second kappa shape index (κ2) is 7.47. The summed E-state index contributed by atoms with van der Waals surface area (Å²) in [5.41, 5.74) is 0.619. The Bertz CT molecular complexity index is 785. The summed E-state index contributed by atoms with van der Waals surface area (Å²) in [6.45, 7) is 6.84. The Morgan fingerprint density at radius 1 is 1.36 bits per heavy atom. The predicted molar refractivity (Wildman–Crippen MR) is 102 cm³/mol. The molecular weight excluding hydrogens is 360 g/mol. The number of likely N-dealkylation sites (tertiary alicyclic amines) is 2. The molecule has 0 bridgehead atoms. The summed E-state index contributed by atoms with van der Waals surface area (Å²) >= 11 is 0. The molecule has 7 heteroatoms. The van der Waals surface area contributed by atoms with Crippen molar-refractivity contribution in [3.05, 3.63) is 36.4 Å². The number of carbonyl (C=O) groups is 2. The standard InChI is InChI=1S/C21H26N2O5/c1-3-9-23-18(24)12-16(20(25)26-2)21(23)7-10-22(11-8-21)13-15-5-4-6-17-19(15)28-14-27-17/h3-6,16H,1,7-14H2,2H3. The molecule has 1 aromatic rings. The van der Waals surface area contributed by atoms with E-state index in [1.54, 1.807) is 6.08 Å². The average Bonchev–Trinajstić information content (AvgIpc) is 3.29. The molecule has 3 aliphatic heterocycles. The van der Waals surface area contributed by atoms with Crippen LogP contribution in [0.15, 0.2) is 30.9 Å². The molecule has 1 aromatic carbocycles. The molecule has 7 nitrogen and oxygen atoms in total. The highest BCUT2D eigenvalue weighted by molar-refractivity contribution is 5.89. The Morgan fingerprint density at radius 2 is 2.14 bits per heavy atom. The van der Waals surface area contributed by atoms with Gasteiger partial charge in [-0.05, 0) is 18.9 Å². The van der Waals surface area contributed by atoms with E-state index in [0.29, 0.717) is 6.54 Å². The number of nitrogens with zero attached hydrogens (tertiary/aromatic N) is 2. The molecule has 3 heterocycles. The highest BCUT2D eigenvalue weighted by Crippen LogP contribution is 2.45. The minimum atomic E-state index is -0.479. The first-order chi connectivity index (χ1) is 13.6. The number of esters is 1. The monoisotopic (exact) mass is 386 g/mol. The van der Waals surface area contributed by atoms with E-state index < -0.39 is 11.5 Å². The van der Waals surface area contributed by atoms with Gasteiger partial charge >= 0.3 is 5.97 Å². The lowest BCUT2D eigenvalue weighted by Crippen LogP contribution is -2.57.